The topological polar surface area (TPSA) is 0 Å². The molecule has 101 heteroatoms. The monoisotopic (exact) mass is 3240 g/mol. The summed E-state index contributed by atoms with van der Waals surface area (Å²) in [6.07, 6.45) is 0. The van der Waals surface area contributed by atoms with E-state index in [9.17, 15) is 0 Å². The van der Waals surface area contributed by atoms with Gasteiger partial charge < -0.3 is 0 Å². The van der Waals surface area contributed by atoms with E-state index >= 15 is 0 Å². The van der Waals surface area contributed by atoms with Gasteiger partial charge in [0.05, 0.1) is 0 Å². The molecule has 0 aliphatic rings. The maximum atomic E-state index is 4.66. The van der Waals surface area contributed by atoms with Crippen molar-refractivity contribution in [2.75, 3.05) is 0 Å². The predicted octanol–water partition coefficient (Wildman–Crippen LogP) is -0.138. The normalized spacial score (nSPS) is 7.84. The molecular weight excluding hydrogens is 3250 g/mol. The molecule has 0 nitrogen and oxygen atoms in total. The third kappa shape index (κ3) is 122. The Balaban J connectivity index is 6.18. The first kappa shape index (κ1) is 124. The van der Waals surface area contributed by atoms with E-state index in [-0.39, 0.29) is 0 Å². The van der Waals surface area contributed by atoms with Crippen molar-refractivity contribution < 1.29 is 0 Å². The van der Waals surface area contributed by atoms with Gasteiger partial charge in [0.1, 0.15) is 0 Å². The van der Waals surface area contributed by atoms with Crippen LogP contribution in [0.25, 0.3) is 0 Å². The van der Waals surface area contributed by atoms with Crippen LogP contribution < -0.4 is 0 Å². The molecule has 0 saturated carbocycles. The minimum atomic E-state index is 1.46. The van der Waals surface area contributed by atoms with Gasteiger partial charge in [0.25, 0.3) is 0 Å². The van der Waals surface area contributed by atoms with Crippen LogP contribution in [0.2, 0.25) is 0 Å². The molecule has 0 atom stereocenters. The number of thiol groups is 1. The van der Waals surface area contributed by atoms with Crippen LogP contribution in [0.3, 0.4) is 0 Å². The van der Waals surface area contributed by atoms with Gasteiger partial charge in [-0.2, -0.15) is 0 Å². The molecule has 0 N–H and O–H groups in total. The van der Waals surface area contributed by atoms with Crippen LogP contribution in [-0.2, 0) is 891 Å². The van der Waals surface area contributed by atoms with E-state index in [2.05, 4.69) is 27.7 Å². The fourth-order valence-electron chi connectivity index (χ4n) is 1.12. The standard InChI is InChI=1S/CS101/c2-1-4-6-8-10-12-14-16-18-20-22-24-26-28-30-32-34-36-38-40-42-44-46-48-50-52-54-56-58-60-62-64-66-68-70-72-74-76-78-80-82-84-86-88-90-92-94-96-98-100-102-101-99-97-95-93-91-89-87-85-83-81-79-77-75-73-71-69-67-65-63-61-59-57-55-53-51-49-47-45-43-41-39-37-35-33-31-29-27-25-23-21-19-17-15-13-11-9-7-5-3/p+1. The van der Waals surface area contributed by atoms with Crippen molar-refractivity contribution >= 4 is 908 Å². The smallest absolute Gasteiger partial charge is 0.0148 e. The van der Waals surface area contributed by atoms with Crippen LogP contribution in [-0.4, -0.2) is 4.31 Å². The van der Waals surface area contributed by atoms with Gasteiger partial charge >= 0.3 is 0 Å². The van der Waals surface area contributed by atoms with Crippen LogP contribution in [0, 0.1) is 0 Å². The quantitative estimate of drug-likeness (QED) is 0.185. The Bertz CT molecular complexity index is 7690. The molecule has 0 aromatic heterocycles. The number of hydrogen-bond donors (Lipinski definition) is 0. The van der Waals surface area contributed by atoms with Crippen molar-refractivity contribution in [2.24, 2.45) is 0 Å². The summed E-state index contributed by atoms with van der Waals surface area (Å²) in [5.74, 6) is 0. The molecule has 0 aliphatic heterocycles. The van der Waals surface area contributed by atoms with Gasteiger partial charge in [0, 0.05) is 795 Å². The summed E-state index contributed by atoms with van der Waals surface area (Å²) < 4.78 is 2.63. The SMILES string of the molecule is S=C=S=S=S=S=S=S=S=S=S=S=S=S=S=S=S=S=S=S=S=S=S=S=S=S=S=S=S=S=S=S=S=S=S=S=S=S=S=S=S=S=S=S=S=S=S=S=S=S=S=S=S=S=S=S=S=S=S=S=S=S=S=S=S=S=S=S=S=S=S=S=S=S=S=S=S=S=S=S=S=S=S=S=S=S=S=S=S=S=S=S=S=S=S=S=S=S=S=S=S=[SH+]. The average Bonchev–Trinajstić information content (AvgIpc) is 3.74. The second-order valence-corrected chi connectivity index (χ2v) is 182. The fourth-order valence-corrected chi connectivity index (χ4v) is 267. The van der Waals surface area contributed by atoms with Gasteiger partial charge in [-0.05, 0) is 93.2 Å². The molecule has 0 aliphatic carbocycles. The van der Waals surface area contributed by atoms with Gasteiger partial charge in [-0.15, -0.1) is 0 Å². The third-order valence-electron chi connectivity index (χ3n) is 2.77. The summed E-state index contributed by atoms with van der Waals surface area (Å²) in [4.78, 5) is 0. The molecule has 610 valence electrons. The van der Waals surface area contributed by atoms with Gasteiger partial charge in [-0.3, -0.25) is 0 Å². The molecule has 0 aromatic carbocycles. The number of rotatable bonds is 0. The highest BCUT2D eigenvalue weighted by molar-refractivity contribution is 8.87. The van der Waals surface area contributed by atoms with E-state index in [1.165, 1.54) is 18.8 Å². The first-order chi connectivity index (χ1) is 50.9. The van der Waals surface area contributed by atoms with Crippen molar-refractivity contribution in [1.82, 2.24) is 0 Å². The van der Waals surface area contributed by atoms with Crippen molar-refractivity contribution in [1.29, 1.82) is 0 Å². The van der Waals surface area contributed by atoms with E-state index in [0.717, 1.165) is 0 Å². The number of hydrogen-bond acceptors (Lipinski definition) is 1. The second kappa shape index (κ2) is 123. The fraction of sp³-hybridized carbons (Fsp3) is 0. The van der Waals surface area contributed by atoms with Crippen molar-refractivity contribution in [3.8, 4) is 0 Å². The maximum Gasteiger partial charge on any atom is 0.250 e. The molecule has 0 bridgehead atoms. The zero-order chi connectivity index (χ0) is 72.7. The number of thiocarbonyl (C=S) groups is 1. The Labute approximate surface area is 879 Å². The Morgan fingerprint density at radius 2 is 0.157 bits per heavy atom. The zero-order valence-electron chi connectivity index (χ0n) is 41.8. The lowest BCUT2D eigenvalue weighted by Gasteiger charge is -1.41. The minimum absolute atomic E-state index is 1.46. The van der Waals surface area contributed by atoms with E-state index in [0.29, 0.717) is 0 Å². The molecule has 0 heterocycles. The molecule has 0 fully saturated rings. The largest absolute Gasteiger partial charge is 0.250 e. The summed E-state index contributed by atoms with van der Waals surface area (Å²) in [6, 6.07) is 0. The maximum absolute atomic E-state index is 4.66. The van der Waals surface area contributed by atoms with Crippen molar-refractivity contribution in [3.63, 3.8) is 0 Å². The van der Waals surface area contributed by atoms with Crippen LogP contribution in [0.5, 0.6) is 0 Å². The highest BCUT2D eigenvalue weighted by Crippen LogP contribution is 1.51. The minimum Gasteiger partial charge on any atom is -0.0148 e. The Kier molecular flexibility index (Phi) is 150. The molecule has 0 radical (unpaired) electrons. The summed E-state index contributed by atoms with van der Waals surface area (Å²) >= 11 is 8.77. The second-order valence-electron chi connectivity index (χ2n) is 6.84. The summed E-state index contributed by atoms with van der Waals surface area (Å²) in [6.45, 7) is 0. The van der Waals surface area contributed by atoms with E-state index in [1.54, 1.807) is 107 Å². The Morgan fingerprint density at radius 1 is 0.0980 bits per heavy atom. The molecule has 0 aromatic rings. The van der Waals surface area contributed by atoms with E-state index in [4.69, 9.17) is 0 Å². The summed E-state index contributed by atoms with van der Waals surface area (Å²) in [5.41, 5.74) is 0. The molecule has 0 spiro atoms. The lowest BCUT2D eigenvalue weighted by Crippen LogP contribution is -1.41. The van der Waals surface area contributed by atoms with Crippen LogP contribution >= 0.6 is 12.2 Å². The Hall–Kier alpha value is 22.0. The zero-order valence-corrected chi connectivity index (χ0v) is 124. The first-order valence-corrected chi connectivity index (χ1v) is 150. The van der Waals surface area contributed by atoms with Gasteiger partial charge in [0.2, 0.25) is 20.1 Å². The molecule has 0 saturated heterocycles. The molecule has 0 amide bonds. The highest BCUT2D eigenvalue weighted by atomic mass is 33.6. The molecule has 0 rings (SSSR count). The van der Waals surface area contributed by atoms with Crippen molar-refractivity contribution in [2.45, 2.75) is 0 Å². The van der Waals surface area contributed by atoms with Gasteiger partial charge in [0.15, 0.2) is 0 Å². The van der Waals surface area contributed by atoms with Crippen molar-refractivity contribution in [3.05, 3.63) is 0 Å². The highest BCUT2D eigenvalue weighted by Gasteiger charge is 1.51. The lowest BCUT2D eigenvalue weighted by atomic mass is 12.0. The van der Waals surface area contributed by atoms with Gasteiger partial charge in [-0.1, -0.05) is 0 Å². The Morgan fingerprint density at radius 3 is 0.216 bits per heavy atom. The summed E-state index contributed by atoms with van der Waals surface area (Å²) in [5, 5.41) is 0. The molecule has 0 unspecified atom stereocenters. The predicted molar refractivity (Wildman–Crippen MR) is 750 cm³/mol. The van der Waals surface area contributed by atoms with E-state index < -0.39 is 0 Å². The van der Waals surface area contributed by atoms with Gasteiger partial charge in [-0.25, -0.2) is 0 Å². The third-order valence-corrected chi connectivity index (χ3v) is 220. The van der Waals surface area contributed by atoms with E-state index in [1.807, 2.05) is 755 Å². The first-order valence-electron chi connectivity index (χ1n) is 16.9. The molecular formula is CHS101+. The lowest BCUT2D eigenvalue weighted by molar-refractivity contribution is 4.64. The van der Waals surface area contributed by atoms with Crippen LogP contribution in [0.4, 0.5) is 0 Å². The summed E-state index contributed by atoms with van der Waals surface area (Å²) in [7, 11) is 179. The van der Waals surface area contributed by atoms with Crippen LogP contribution in [0.1, 0.15) is 0 Å². The average molecular weight is 3250 g/mol. The molecule has 102 heavy (non-hydrogen) atoms. The van der Waals surface area contributed by atoms with Crippen LogP contribution in [0.15, 0.2) is 0 Å².